The Kier molecular flexibility index (Phi) is 7.67. The van der Waals surface area contributed by atoms with Crippen molar-refractivity contribution in [1.82, 2.24) is 10.6 Å². The molecule has 0 radical (unpaired) electrons. The summed E-state index contributed by atoms with van der Waals surface area (Å²) in [7, 11) is 0. The monoisotopic (exact) mass is 424 g/mol. The molecule has 0 bridgehead atoms. The summed E-state index contributed by atoms with van der Waals surface area (Å²) in [5.74, 6) is -0.343. The molecule has 0 aromatic carbocycles. The molecule has 0 unspecified atom stereocenters. The predicted octanol–water partition coefficient (Wildman–Crippen LogP) is 3.97. The van der Waals surface area contributed by atoms with E-state index in [9.17, 15) is 9.59 Å². The first-order chi connectivity index (χ1) is 13.6. The van der Waals surface area contributed by atoms with Crippen molar-refractivity contribution < 1.29 is 19.1 Å². The molecule has 0 spiro atoms. The van der Waals surface area contributed by atoms with Crippen molar-refractivity contribution in [1.29, 1.82) is 0 Å². The maximum absolute atomic E-state index is 12.5. The number of hydrogen-bond donors (Lipinski definition) is 2. The maximum atomic E-state index is 12.5. The van der Waals surface area contributed by atoms with E-state index in [0.717, 1.165) is 25.7 Å². The quantitative estimate of drug-likeness (QED) is 0.476. The van der Waals surface area contributed by atoms with E-state index in [1.807, 2.05) is 0 Å². The number of esters is 2. The van der Waals surface area contributed by atoms with E-state index in [4.69, 9.17) is 9.47 Å². The van der Waals surface area contributed by atoms with Gasteiger partial charge < -0.3 is 20.1 Å². The molecule has 0 atom stereocenters. The molecule has 30 heavy (non-hydrogen) atoms. The highest BCUT2D eigenvalue weighted by Crippen LogP contribution is 2.34. The number of nitrogens with one attached hydrogen (secondary N) is 2. The number of unbranched alkanes of at least 4 members (excludes halogenated alkanes) is 1. The Morgan fingerprint density at radius 1 is 0.633 bits per heavy atom. The summed E-state index contributed by atoms with van der Waals surface area (Å²) < 4.78 is 11.1. The van der Waals surface area contributed by atoms with Crippen molar-refractivity contribution in [2.75, 3.05) is 13.2 Å². The van der Waals surface area contributed by atoms with E-state index in [0.29, 0.717) is 26.1 Å². The first-order valence-corrected chi connectivity index (χ1v) is 11.5. The smallest absolute Gasteiger partial charge is 0.309 e. The highest BCUT2D eigenvalue weighted by atomic mass is 16.5. The van der Waals surface area contributed by atoms with Crippen molar-refractivity contribution in [3.63, 3.8) is 0 Å². The van der Waals surface area contributed by atoms with Crippen LogP contribution in [0.25, 0.3) is 0 Å². The van der Waals surface area contributed by atoms with Gasteiger partial charge in [-0.15, -0.1) is 0 Å². The fourth-order valence-electron chi connectivity index (χ4n) is 5.76. The molecule has 2 N–H and O–H groups in total. The van der Waals surface area contributed by atoms with E-state index >= 15 is 0 Å². The van der Waals surface area contributed by atoms with Crippen molar-refractivity contribution in [2.24, 2.45) is 11.8 Å². The van der Waals surface area contributed by atoms with Crippen LogP contribution in [0.3, 0.4) is 0 Å². The third-order valence-corrected chi connectivity index (χ3v) is 6.07. The molecule has 2 heterocycles. The van der Waals surface area contributed by atoms with Crippen molar-refractivity contribution in [3.05, 3.63) is 0 Å². The Balaban J connectivity index is 1.66. The van der Waals surface area contributed by atoms with Gasteiger partial charge in [0.1, 0.15) is 0 Å². The molecule has 6 heteroatoms. The summed E-state index contributed by atoms with van der Waals surface area (Å²) in [5, 5.41) is 7.18. The van der Waals surface area contributed by atoms with Crippen LogP contribution in [-0.4, -0.2) is 47.3 Å². The number of ether oxygens (including phenoxy) is 2. The Morgan fingerprint density at radius 2 is 0.900 bits per heavy atom. The summed E-state index contributed by atoms with van der Waals surface area (Å²) in [6, 6.07) is 0. The normalized spacial score (nSPS) is 25.5. The van der Waals surface area contributed by atoms with Crippen molar-refractivity contribution >= 4 is 11.9 Å². The highest BCUT2D eigenvalue weighted by molar-refractivity contribution is 5.73. The van der Waals surface area contributed by atoms with Gasteiger partial charge in [0.05, 0.1) is 25.0 Å². The molecule has 2 fully saturated rings. The number of hydrogen-bond acceptors (Lipinski definition) is 6. The fraction of sp³-hybridized carbons (Fsp3) is 0.917. The lowest BCUT2D eigenvalue weighted by molar-refractivity contribution is -0.154. The Labute approximate surface area is 183 Å². The first kappa shape index (κ1) is 25.1. The van der Waals surface area contributed by atoms with Gasteiger partial charge in [0.15, 0.2) is 0 Å². The van der Waals surface area contributed by atoms with Gasteiger partial charge >= 0.3 is 11.9 Å². The molecular formula is C24H44N2O4. The Morgan fingerprint density at radius 3 is 1.17 bits per heavy atom. The summed E-state index contributed by atoms with van der Waals surface area (Å²) in [5.41, 5.74) is -0.288. The van der Waals surface area contributed by atoms with Gasteiger partial charge in [0, 0.05) is 22.2 Å². The average molecular weight is 425 g/mol. The van der Waals surface area contributed by atoms with Gasteiger partial charge in [-0.3, -0.25) is 9.59 Å². The minimum absolute atomic E-state index is 0.0688. The number of carbonyl (C=O) groups excluding carboxylic acids is 2. The summed E-state index contributed by atoms with van der Waals surface area (Å²) in [4.78, 5) is 25.0. The second kappa shape index (κ2) is 9.15. The zero-order valence-corrected chi connectivity index (χ0v) is 20.4. The molecular weight excluding hydrogens is 380 g/mol. The lowest BCUT2D eigenvalue weighted by Crippen LogP contribution is -2.59. The van der Waals surface area contributed by atoms with Gasteiger partial charge in [-0.2, -0.15) is 0 Å². The Hall–Kier alpha value is -1.14. The molecule has 0 aliphatic carbocycles. The van der Waals surface area contributed by atoms with E-state index in [1.54, 1.807) is 0 Å². The zero-order chi connectivity index (χ0) is 22.8. The van der Waals surface area contributed by atoms with Crippen LogP contribution in [-0.2, 0) is 19.1 Å². The lowest BCUT2D eigenvalue weighted by atomic mass is 9.76. The van der Waals surface area contributed by atoms with Crippen molar-refractivity contribution in [2.45, 2.75) is 116 Å². The second-order valence-corrected chi connectivity index (χ2v) is 12.0. The third kappa shape index (κ3) is 7.84. The lowest BCUT2D eigenvalue weighted by Gasteiger charge is -2.45. The SMILES string of the molecule is CC1(C)CC(C(=O)OCCCCOC(=O)C2CC(C)(C)NC(C)(C)C2)CC(C)(C)N1. The standard InChI is InChI=1S/C24H44N2O4/c1-21(2)13-17(14-22(3,4)25-21)19(27)29-11-9-10-12-30-20(28)18-15-23(5,6)26-24(7,8)16-18/h17-18,25-26H,9-16H2,1-8H3. The van der Waals surface area contributed by atoms with Gasteiger partial charge in [-0.25, -0.2) is 0 Å². The van der Waals surface area contributed by atoms with Crippen molar-refractivity contribution in [3.8, 4) is 0 Å². The molecule has 0 aromatic rings. The van der Waals surface area contributed by atoms with E-state index in [2.05, 4.69) is 66.0 Å². The van der Waals surface area contributed by atoms with Crippen LogP contribution in [0.4, 0.5) is 0 Å². The Bertz CT molecular complexity index is 539. The van der Waals surface area contributed by atoms with E-state index < -0.39 is 0 Å². The second-order valence-electron chi connectivity index (χ2n) is 12.0. The predicted molar refractivity (Wildman–Crippen MR) is 119 cm³/mol. The van der Waals surface area contributed by atoms with Gasteiger partial charge in [-0.05, 0) is 93.9 Å². The summed E-state index contributed by atoms with van der Waals surface area (Å²) in [6.07, 6.45) is 4.57. The average Bonchev–Trinajstić information content (AvgIpc) is 2.51. The summed E-state index contributed by atoms with van der Waals surface area (Å²) in [6.45, 7) is 17.8. The van der Waals surface area contributed by atoms with Crippen LogP contribution in [0, 0.1) is 11.8 Å². The van der Waals surface area contributed by atoms with Crippen LogP contribution in [0.5, 0.6) is 0 Å². The van der Waals surface area contributed by atoms with Crippen LogP contribution >= 0.6 is 0 Å². The van der Waals surface area contributed by atoms with Crippen LogP contribution < -0.4 is 10.6 Å². The first-order valence-electron chi connectivity index (χ1n) is 11.5. The van der Waals surface area contributed by atoms with Crippen LogP contribution in [0.15, 0.2) is 0 Å². The minimum atomic E-state index is -0.103. The number of piperidine rings is 2. The number of carbonyl (C=O) groups is 2. The molecule has 2 rings (SSSR count). The molecule has 174 valence electrons. The van der Waals surface area contributed by atoms with Gasteiger partial charge in [-0.1, -0.05) is 0 Å². The third-order valence-electron chi connectivity index (χ3n) is 6.07. The van der Waals surface area contributed by atoms with Crippen LogP contribution in [0.1, 0.15) is 93.9 Å². The van der Waals surface area contributed by atoms with E-state index in [1.165, 1.54) is 0 Å². The largest absolute Gasteiger partial charge is 0.465 e. The molecule has 2 aliphatic rings. The molecule has 2 saturated heterocycles. The fourth-order valence-corrected chi connectivity index (χ4v) is 5.76. The van der Waals surface area contributed by atoms with Gasteiger partial charge in [0.2, 0.25) is 0 Å². The minimum Gasteiger partial charge on any atom is -0.465 e. The molecule has 0 aromatic heterocycles. The molecule has 6 nitrogen and oxygen atoms in total. The zero-order valence-electron chi connectivity index (χ0n) is 20.4. The van der Waals surface area contributed by atoms with E-state index in [-0.39, 0.29) is 45.9 Å². The topological polar surface area (TPSA) is 76.7 Å². The molecule has 0 amide bonds. The molecule has 0 saturated carbocycles. The highest BCUT2D eigenvalue weighted by Gasteiger charge is 2.42. The van der Waals surface area contributed by atoms with Gasteiger partial charge in [0.25, 0.3) is 0 Å². The maximum Gasteiger partial charge on any atom is 0.309 e. The van der Waals surface area contributed by atoms with Crippen LogP contribution in [0.2, 0.25) is 0 Å². The molecule has 2 aliphatic heterocycles. The number of rotatable bonds is 7. The summed E-state index contributed by atoms with van der Waals surface area (Å²) >= 11 is 0.